The summed E-state index contributed by atoms with van der Waals surface area (Å²) in [5.74, 6) is 0.180. The topological polar surface area (TPSA) is 111 Å². The summed E-state index contributed by atoms with van der Waals surface area (Å²) in [5.41, 5.74) is 0.0696. The number of nitrogens with zero attached hydrogens (tertiary/aromatic N) is 1. The Balaban J connectivity index is 1.54. The van der Waals surface area contributed by atoms with Gasteiger partial charge in [-0.2, -0.15) is 4.31 Å². The number of ether oxygens (including phenoxy) is 3. The van der Waals surface area contributed by atoms with Crippen molar-refractivity contribution in [2.75, 3.05) is 26.4 Å². The Labute approximate surface area is 160 Å². The van der Waals surface area contributed by atoms with Gasteiger partial charge in [-0.25, -0.2) is 13.2 Å². The van der Waals surface area contributed by atoms with E-state index in [-0.39, 0.29) is 48.5 Å². The second-order valence-electron chi connectivity index (χ2n) is 6.12. The zero-order chi connectivity index (χ0) is 19.7. The molecule has 0 unspecified atom stereocenters. The first-order valence-electron chi connectivity index (χ1n) is 8.42. The van der Waals surface area contributed by atoms with E-state index in [9.17, 15) is 18.0 Å². The monoisotopic (exact) mass is 404 g/mol. The van der Waals surface area contributed by atoms with Gasteiger partial charge in [0.25, 0.3) is 0 Å². The zero-order valence-corrected chi connectivity index (χ0v) is 15.4. The Kier molecular flexibility index (Phi) is 4.65. The molecule has 0 aliphatic carbocycles. The number of hydrogen-bond acceptors (Lipinski definition) is 7. The van der Waals surface area contributed by atoms with Crippen LogP contribution in [0.5, 0.6) is 17.2 Å². The van der Waals surface area contributed by atoms with Gasteiger partial charge in [0.05, 0.1) is 17.0 Å². The van der Waals surface area contributed by atoms with Crippen molar-refractivity contribution in [3.63, 3.8) is 0 Å². The smallest absolute Gasteiger partial charge is 0.343 e. The fraction of sp³-hybridized carbons (Fsp3) is 0.222. The van der Waals surface area contributed by atoms with Crippen LogP contribution >= 0.6 is 0 Å². The molecule has 10 heteroatoms. The van der Waals surface area contributed by atoms with Gasteiger partial charge in [-0.1, -0.05) is 6.07 Å². The van der Waals surface area contributed by atoms with Gasteiger partial charge in [-0.15, -0.1) is 0 Å². The van der Waals surface area contributed by atoms with E-state index in [1.807, 2.05) is 0 Å². The Morgan fingerprint density at radius 3 is 2.75 bits per heavy atom. The molecule has 0 atom stereocenters. The fourth-order valence-electron chi connectivity index (χ4n) is 2.86. The Morgan fingerprint density at radius 2 is 1.93 bits per heavy atom. The van der Waals surface area contributed by atoms with Gasteiger partial charge in [0.2, 0.25) is 22.7 Å². The molecule has 2 heterocycles. The van der Waals surface area contributed by atoms with Gasteiger partial charge in [-0.3, -0.25) is 4.79 Å². The average Bonchev–Trinajstić information content (AvgIpc) is 3.16. The largest absolute Gasteiger partial charge is 0.454 e. The van der Waals surface area contributed by atoms with Gasteiger partial charge in [-0.05, 0) is 30.3 Å². The maximum absolute atomic E-state index is 12.8. The summed E-state index contributed by atoms with van der Waals surface area (Å²) >= 11 is 0. The van der Waals surface area contributed by atoms with E-state index >= 15 is 0 Å². The second-order valence-corrected chi connectivity index (χ2v) is 8.06. The predicted molar refractivity (Wildman–Crippen MR) is 95.7 cm³/mol. The van der Waals surface area contributed by atoms with E-state index in [0.29, 0.717) is 11.5 Å². The quantitative estimate of drug-likeness (QED) is 0.591. The van der Waals surface area contributed by atoms with Crippen LogP contribution in [0.15, 0.2) is 47.4 Å². The first kappa shape index (κ1) is 18.3. The maximum atomic E-state index is 12.8. The molecule has 4 rings (SSSR count). The molecule has 2 aromatic carbocycles. The molecule has 146 valence electrons. The molecule has 0 spiro atoms. The van der Waals surface area contributed by atoms with Crippen molar-refractivity contribution < 1.29 is 32.2 Å². The number of fused-ring (bicyclic) bond motifs is 1. The van der Waals surface area contributed by atoms with Crippen molar-refractivity contribution in [1.82, 2.24) is 9.62 Å². The van der Waals surface area contributed by atoms with Crippen molar-refractivity contribution in [2.24, 2.45) is 0 Å². The minimum absolute atomic E-state index is 0.0696. The lowest BCUT2D eigenvalue weighted by molar-refractivity contribution is -0.122. The Bertz CT molecular complexity index is 1050. The van der Waals surface area contributed by atoms with Crippen LogP contribution < -0.4 is 19.5 Å². The summed E-state index contributed by atoms with van der Waals surface area (Å²) in [6.07, 6.45) is 0. The van der Waals surface area contributed by atoms with Crippen LogP contribution in [0.4, 0.5) is 0 Å². The number of sulfonamides is 1. The number of nitrogens with one attached hydrogen (secondary N) is 1. The predicted octanol–water partition coefficient (Wildman–Crippen LogP) is 0.755. The van der Waals surface area contributed by atoms with Crippen LogP contribution in [0.1, 0.15) is 10.4 Å². The zero-order valence-electron chi connectivity index (χ0n) is 14.6. The Morgan fingerprint density at radius 1 is 1.11 bits per heavy atom. The summed E-state index contributed by atoms with van der Waals surface area (Å²) in [6.45, 7) is 0.249. The van der Waals surface area contributed by atoms with Gasteiger partial charge >= 0.3 is 5.97 Å². The first-order chi connectivity index (χ1) is 13.4. The van der Waals surface area contributed by atoms with Gasteiger partial charge in [0, 0.05) is 19.2 Å². The molecule has 2 aromatic rings. The molecule has 28 heavy (non-hydrogen) atoms. The third-order valence-electron chi connectivity index (χ3n) is 4.27. The fourth-order valence-corrected chi connectivity index (χ4v) is 4.30. The number of carbonyl (C=O) groups is 2. The molecule has 1 saturated heterocycles. The first-order valence-corrected chi connectivity index (χ1v) is 9.86. The van der Waals surface area contributed by atoms with E-state index in [4.69, 9.17) is 14.2 Å². The molecule has 0 aromatic heterocycles. The summed E-state index contributed by atoms with van der Waals surface area (Å²) in [7, 11) is -3.90. The van der Waals surface area contributed by atoms with Crippen molar-refractivity contribution in [3.05, 3.63) is 48.0 Å². The number of rotatable bonds is 4. The number of amides is 1. The van der Waals surface area contributed by atoms with E-state index in [1.165, 1.54) is 30.3 Å². The summed E-state index contributed by atoms with van der Waals surface area (Å²) < 4.78 is 42.3. The molecule has 1 fully saturated rings. The number of hydrogen-bond donors (Lipinski definition) is 1. The molecule has 1 amide bonds. The van der Waals surface area contributed by atoms with Crippen LogP contribution in [0.25, 0.3) is 0 Å². The number of benzene rings is 2. The van der Waals surface area contributed by atoms with Crippen LogP contribution in [-0.2, 0) is 14.8 Å². The minimum Gasteiger partial charge on any atom is -0.454 e. The summed E-state index contributed by atoms with van der Waals surface area (Å²) in [5, 5.41) is 2.57. The Hall–Kier alpha value is -3.11. The molecule has 0 radical (unpaired) electrons. The van der Waals surface area contributed by atoms with Crippen molar-refractivity contribution >= 4 is 21.9 Å². The lowest BCUT2D eigenvalue weighted by atomic mass is 10.2. The van der Waals surface area contributed by atoms with Crippen LogP contribution in [-0.4, -0.2) is 51.0 Å². The second kappa shape index (κ2) is 7.13. The molecular weight excluding hydrogens is 388 g/mol. The minimum atomic E-state index is -3.90. The van der Waals surface area contributed by atoms with E-state index < -0.39 is 16.0 Å². The molecule has 0 bridgehead atoms. The normalized spacial score (nSPS) is 16.5. The van der Waals surface area contributed by atoms with Gasteiger partial charge in [0.15, 0.2) is 11.5 Å². The number of carbonyl (C=O) groups excluding carboxylic acids is 2. The standard InChI is InChI=1S/C18H16N2O7S/c21-17-10-20(7-6-19-17)28(23,24)14-3-1-2-12(8-14)18(22)27-13-4-5-15-16(9-13)26-11-25-15/h1-5,8-9H,6-7,10-11H2,(H,19,21). The highest BCUT2D eigenvalue weighted by Crippen LogP contribution is 2.35. The molecule has 2 aliphatic rings. The number of piperazine rings is 1. The molecule has 9 nitrogen and oxygen atoms in total. The van der Waals surface area contributed by atoms with Crippen molar-refractivity contribution in [1.29, 1.82) is 0 Å². The van der Waals surface area contributed by atoms with Crippen LogP contribution in [0, 0.1) is 0 Å². The van der Waals surface area contributed by atoms with E-state index in [1.54, 1.807) is 12.1 Å². The lowest BCUT2D eigenvalue weighted by Crippen LogP contribution is -2.49. The molecule has 0 saturated carbocycles. The number of esters is 1. The van der Waals surface area contributed by atoms with E-state index in [0.717, 1.165) is 4.31 Å². The highest BCUT2D eigenvalue weighted by molar-refractivity contribution is 7.89. The summed E-state index contributed by atoms with van der Waals surface area (Å²) in [4.78, 5) is 23.9. The lowest BCUT2D eigenvalue weighted by Gasteiger charge is -2.26. The van der Waals surface area contributed by atoms with E-state index in [2.05, 4.69) is 5.32 Å². The summed E-state index contributed by atoms with van der Waals surface area (Å²) in [6, 6.07) is 10.2. The SMILES string of the molecule is O=C1CN(S(=O)(=O)c2cccc(C(=O)Oc3ccc4c(c3)OCO4)c2)CCN1. The van der Waals surface area contributed by atoms with Crippen molar-refractivity contribution in [3.8, 4) is 17.2 Å². The molecule has 1 N–H and O–H groups in total. The third-order valence-corrected chi connectivity index (χ3v) is 6.11. The molecule has 2 aliphatic heterocycles. The highest BCUT2D eigenvalue weighted by Gasteiger charge is 2.29. The maximum Gasteiger partial charge on any atom is 0.343 e. The van der Waals surface area contributed by atoms with Crippen LogP contribution in [0.3, 0.4) is 0 Å². The van der Waals surface area contributed by atoms with Gasteiger partial charge in [0.1, 0.15) is 5.75 Å². The van der Waals surface area contributed by atoms with Crippen molar-refractivity contribution in [2.45, 2.75) is 4.90 Å². The molecular formula is C18H16N2O7S. The van der Waals surface area contributed by atoms with Crippen LogP contribution in [0.2, 0.25) is 0 Å². The van der Waals surface area contributed by atoms with Gasteiger partial charge < -0.3 is 19.5 Å². The highest BCUT2D eigenvalue weighted by atomic mass is 32.2. The average molecular weight is 404 g/mol. The third kappa shape index (κ3) is 3.51.